The summed E-state index contributed by atoms with van der Waals surface area (Å²) in [6, 6.07) is 7.62. The SMILES string of the molecule is CC(=O)O[C@@H]1N=C(C2CCCC2)c2ccccc2NC1=O. The van der Waals surface area contributed by atoms with Crippen LogP contribution in [0, 0.1) is 5.92 Å². The first-order valence-electron chi connectivity index (χ1n) is 7.30. The van der Waals surface area contributed by atoms with Crippen molar-refractivity contribution in [2.45, 2.75) is 38.8 Å². The van der Waals surface area contributed by atoms with E-state index in [1.807, 2.05) is 24.3 Å². The summed E-state index contributed by atoms with van der Waals surface area (Å²) in [5.41, 5.74) is 2.56. The van der Waals surface area contributed by atoms with E-state index in [2.05, 4.69) is 10.3 Å². The van der Waals surface area contributed by atoms with Crippen LogP contribution in [-0.4, -0.2) is 23.8 Å². The highest BCUT2D eigenvalue weighted by atomic mass is 16.6. The van der Waals surface area contributed by atoms with Gasteiger partial charge in [0.25, 0.3) is 12.1 Å². The Morgan fingerprint density at radius 2 is 2.00 bits per heavy atom. The van der Waals surface area contributed by atoms with Crippen molar-refractivity contribution >= 4 is 23.3 Å². The smallest absolute Gasteiger partial charge is 0.305 e. The number of fused-ring (bicyclic) bond motifs is 1. The Labute approximate surface area is 123 Å². The van der Waals surface area contributed by atoms with Gasteiger partial charge in [0.15, 0.2) is 0 Å². The van der Waals surface area contributed by atoms with Crippen LogP contribution >= 0.6 is 0 Å². The second kappa shape index (κ2) is 5.68. The molecule has 0 radical (unpaired) electrons. The number of amides is 1. The second-order valence-electron chi connectivity index (χ2n) is 5.49. The largest absolute Gasteiger partial charge is 0.430 e. The van der Waals surface area contributed by atoms with E-state index in [4.69, 9.17) is 4.74 Å². The zero-order chi connectivity index (χ0) is 14.8. The molecule has 1 amide bonds. The van der Waals surface area contributed by atoms with Crippen LogP contribution in [0.1, 0.15) is 38.2 Å². The number of aliphatic imine (C=N–C) groups is 1. The number of hydrogen-bond donors (Lipinski definition) is 1. The summed E-state index contributed by atoms with van der Waals surface area (Å²) in [5.74, 6) is -0.571. The number of benzodiazepines with no additional fused rings is 1. The average molecular weight is 286 g/mol. The molecular weight excluding hydrogens is 268 g/mol. The standard InChI is InChI=1S/C16H18N2O3/c1-10(19)21-16-15(20)17-13-9-5-4-8-12(13)14(18-16)11-6-2-3-7-11/h4-5,8-9,11,16H,2-3,6-7H2,1H3,(H,17,20)/t16-/m0/s1. The average Bonchev–Trinajstić information content (AvgIpc) is 2.93. The molecule has 21 heavy (non-hydrogen) atoms. The number of carbonyl (C=O) groups is 2. The molecule has 2 aliphatic rings. The first-order valence-corrected chi connectivity index (χ1v) is 7.30. The van der Waals surface area contributed by atoms with Crippen LogP contribution in [0.15, 0.2) is 29.3 Å². The molecule has 1 aliphatic heterocycles. The van der Waals surface area contributed by atoms with Gasteiger partial charge in [-0.2, -0.15) is 0 Å². The van der Waals surface area contributed by atoms with Crippen LogP contribution in [0.5, 0.6) is 0 Å². The lowest BCUT2D eigenvalue weighted by molar-refractivity contribution is -0.151. The molecule has 0 unspecified atom stereocenters. The van der Waals surface area contributed by atoms with Crippen molar-refractivity contribution in [3.8, 4) is 0 Å². The fraction of sp³-hybridized carbons (Fsp3) is 0.438. The summed E-state index contributed by atoms with van der Waals surface area (Å²) in [6.45, 7) is 1.29. The maximum Gasteiger partial charge on any atom is 0.305 e. The summed E-state index contributed by atoms with van der Waals surface area (Å²) in [4.78, 5) is 27.9. The van der Waals surface area contributed by atoms with E-state index < -0.39 is 18.1 Å². The molecular formula is C16H18N2O3. The zero-order valence-electron chi connectivity index (χ0n) is 12.0. The molecule has 1 heterocycles. The van der Waals surface area contributed by atoms with Crippen molar-refractivity contribution in [2.24, 2.45) is 10.9 Å². The van der Waals surface area contributed by atoms with Crippen LogP contribution in [0.2, 0.25) is 0 Å². The van der Waals surface area contributed by atoms with Gasteiger partial charge in [0, 0.05) is 24.1 Å². The number of carbonyl (C=O) groups excluding carboxylic acids is 2. The highest BCUT2D eigenvalue weighted by Gasteiger charge is 2.31. The van der Waals surface area contributed by atoms with Crippen molar-refractivity contribution in [1.29, 1.82) is 0 Å². The van der Waals surface area contributed by atoms with Crippen molar-refractivity contribution < 1.29 is 14.3 Å². The summed E-state index contributed by atoms with van der Waals surface area (Å²) < 4.78 is 5.07. The van der Waals surface area contributed by atoms with Crippen molar-refractivity contribution in [3.05, 3.63) is 29.8 Å². The van der Waals surface area contributed by atoms with Gasteiger partial charge in [-0.05, 0) is 18.9 Å². The zero-order valence-corrected chi connectivity index (χ0v) is 12.0. The minimum Gasteiger partial charge on any atom is -0.430 e. The molecule has 5 nitrogen and oxygen atoms in total. The van der Waals surface area contributed by atoms with E-state index in [0.717, 1.165) is 29.8 Å². The third kappa shape index (κ3) is 2.82. The number of para-hydroxylation sites is 1. The van der Waals surface area contributed by atoms with Gasteiger partial charge in [-0.15, -0.1) is 0 Å². The van der Waals surface area contributed by atoms with Crippen LogP contribution in [-0.2, 0) is 14.3 Å². The van der Waals surface area contributed by atoms with Gasteiger partial charge < -0.3 is 10.1 Å². The Hall–Kier alpha value is -2.17. The summed E-state index contributed by atoms with van der Waals surface area (Å²) >= 11 is 0. The van der Waals surface area contributed by atoms with Gasteiger partial charge in [-0.1, -0.05) is 31.0 Å². The van der Waals surface area contributed by atoms with Crippen LogP contribution in [0.3, 0.4) is 0 Å². The molecule has 0 spiro atoms. The van der Waals surface area contributed by atoms with Crippen LogP contribution < -0.4 is 5.32 Å². The first-order chi connectivity index (χ1) is 10.1. The fourth-order valence-corrected chi connectivity index (χ4v) is 3.03. The molecule has 1 fully saturated rings. The monoisotopic (exact) mass is 286 g/mol. The molecule has 1 aliphatic carbocycles. The van der Waals surface area contributed by atoms with Gasteiger partial charge in [0.2, 0.25) is 0 Å². The summed E-state index contributed by atoms with van der Waals surface area (Å²) in [6.07, 6.45) is 3.38. The molecule has 1 aromatic rings. The number of hydrogen-bond acceptors (Lipinski definition) is 4. The number of rotatable bonds is 2. The Kier molecular flexibility index (Phi) is 3.73. The third-order valence-electron chi connectivity index (χ3n) is 3.96. The van der Waals surface area contributed by atoms with E-state index in [-0.39, 0.29) is 0 Å². The molecule has 3 rings (SSSR count). The molecule has 0 aromatic heterocycles. The molecule has 1 aromatic carbocycles. The summed E-state index contributed by atoms with van der Waals surface area (Å²) in [5, 5.41) is 2.80. The minimum atomic E-state index is -1.09. The molecule has 1 atom stereocenters. The van der Waals surface area contributed by atoms with Crippen molar-refractivity contribution in [3.63, 3.8) is 0 Å². The third-order valence-corrected chi connectivity index (χ3v) is 3.96. The normalized spacial score (nSPS) is 22.0. The first kappa shape index (κ1) is 13.8. The summed E-state index contributed by atoms with van der Waals surface area (Å²) in [7, 11) is 0. The Balaban J connectivity index is 2.04. The van der Waals surface area contributed by atoms with Crippen molar-refractivity contribution in [1.82, 2.24) is 0 Å². The molecule has 0 saturated heterocycles. The topological polar surface area (TPSA) is 67.8 Å². The predicted molar refractivity (Wildman–Crippen MR) is 79.1 cm³/mol. The van der Waals surface area contributed by atoms with Gasteiger partial charge in [-0.25, -0.2) is 4.99 Å². The lowest BCUT2D eigenvalue weighted by atomic mass is 9.94. The molecule has 5 heteroatoms. The van der Waals surface area contributed by atoms with Crippen LogP contribution in [0.25, 0.3) is 0 Å². The number of esters is 1. The molecule has 1 saturated carbocycles. The highest BCUT2D eigenvalue weighted by molar-refractivity contribution is 6.12. The van der Waals surface area contributed by atoms with Crippen molar-refractivity contribution in [2.75, 3.05) is 5.32 Å². The van der Waals surface area contributed by atoms with E-state index >= 15 is 0 Å². The Bertz CT molecular complexity index is 603. The Morgan fingerprint density at radius 1 is 1.29 bits per heavy atom. The Morgan fingerprint density at radius 3 is 2.71 bits per heavy atom. The number of ether oxygens (including phenoxy) is 1. The fourth-order valence-electron chi connectivity index (χ4n) is 3.03. The highest BCUT2D eigenvalue weighted by Crippen LogP contribution is 2.32. The second-order valence-corrected chi connectivity index (χ2v) is 5.49. The number of anilines is 1. The maximum atomic E-state index is 12.2. The molecule has 110 valence electrons. The van der Waals surface area contributed by atoms with E-state index in [1.54, 1.807) is 0 Å². The number of benzene rings is 1. The number of nitrogens with zero attached hydrogens (tertiary/aromatic N) is 1. The van der Waals surface area contributed by atoms with Gasteiger partial charge in [0.05, 0.1) is 5.71 Å². The van der Waals surface area contributed by atoms with E-state index in [1.165, 1.54) is 19.8 Å². The molecule has 1 N–H and O–H groups in total. The molecule has 0 bridgehead atoms. The predicted octanol–water partition coefficient (Wildman–Crippen LogP) is 2.51. The minimum absolute atomic E-state index is 0.330. The van der Waals surface area contributed by atoms with E-state index in [0.29, 0.717) is 5.92 Å². The van der Waals surface area contributed by atoms with Gasteiger partial charge in [-0.3, -0.25) is 9.59 Å². The quantitative estimate of drug-likeness (QED) is 0.849. The van der Waals surface area contributed by atoms with Crippen LogP contribution in [0.4, 0.5) is 5.69 Å². The van der Waals surface area contributed by atoms with Gasteiger partial charge in [0.1, 0.15) is 0 Å². The van der Waals surface area contributed by atoms with E-state index in [9.17, 15) is 9.59 Å². The van der Waals surface area contributed by atoms with Gasteiger partial charge >= 0.3 is 5.97 Å². The lowest BCUT2D eigenvalue weighted by Gasteiger charge is -2.15. The maximum absolute atomic E-state index is 12.2. The lowest BCUT2D eigenvalue weighted by Crippen LogP contribution is -2.30. The number of nitrogens with one attached hydrogen (secondary N) is 1.